The summed E-state index contributed by atoms with van der Waals surface area (Å²) in [6.45, 7) is 5.66. The number of amides is 1. The molecule has 0 bridgehead atoms. The molecule has 2 aromatic rings. The Bertz CT molecular complexity index is 727. The van der Waals surface area contributed by atoms with Crippen molar-refractivity contribution >= 4 is 17.4 Å². The van der Waals surface area contributed by atoms with Crippen LogP contribution in [0, 0.1) is 5.82 Å². The number of nitrogens with one attached hydrogen (secondary N) is 1. The molecule has 0 aliphatic carbocycles. The molecule has 144 valence electrons. The fraction of sp³-hybridized carbons (Fsp3) is 0.450. The van der Waals surface area contributed by atoms with Crippen molar-refractivity contribution < 1.29 is 9.18 Å². The molecule has 3 rings (SSSR count). The van der Waals surface area contributed by atoms with Crippen LogP contribution in [0.5, 0.6) is 0 Å². The Morgan fingerprint density at radius 1 is 1.07 bits per heavy atom. The highest BCUT2D eigenvalue weighted by atomic mass is 19.1. The third-order valence-electron chi connectivity index (χ3n) is 4.72. The Balaban J connectivity index is 1.50. The number of aromatic nitrogens is 2. The van der Waals surface area contributed by atoms with Gasteiger partial charge in [-0.15, -0.1) is 0 Å². The van der Waals surface area contributed by atoms with E-state index in [1.165, 1.54) is 31.2 Å². The van der Waals surface area contributed by atoms with Gasteiger partial charge in [0.05, 0.1) is 12.4 Å². The minimum atomic E-state index is -0.241. The number of nitrogens with zero attached hydrogens (tertiary/aromatic N) is 4. The van der Waals surface area contributed by atoms with E-state index in [-0.39, 0.29) is 11.7 Å². The summed E-state index contributed by atoms with van der Waals surface area (Å²) in [4.78, 5) is 25.1. The highest BCUT2D eigenvalue weighted by Crippen LogP contribution is 2.17. The van der Waals surface area contributed by atoms with Crippen LogP contribution in [-0.2, 0) is 0 Å². The first-order valence-corrected chi connectivity index (χ1v) is 9.53. The minimum Gasteiger partial charge on any atom is -0.369 e. The topological polar surface area (TPSA) is 61.4 Å². The molecule has 6 nitrogen and oxygen atoms in total. The zero-order valence-corrected chi connectivity index (χ0v) is 15.7. The van der Waals surface area contributed by atoms with Gasteiger partial charge in [-0.3, -0.25) is 4.79 Å². The maximum Gasteiger partial charge on any atom is 0.274 e. The third kappa shape index (κ3) is 5.15. The van der Waals surface area contributed by atoms with Gasteiger partial charge in [-0.2, -0.15) is 0 Å². The molecular weight excluding hydrogens is 345 g/mol. The number of carbonyl (C=O) groups excluding carboxylic acids is 1. The summed E-state index contributed by atoms with van der Waals surface area (Å²) < 4.78 is 13.1. The van der Waals surface area contributed by atoms with Gasteiger partial charge in [0, 0.05) is 38.4 Å². The van der Waals surface area contributed by atoms with E-state index in [1.807, 2.05) is 0 Å². The van der Waals surface area contributed by atoms with E-state index >= 15 is 0 Å². The van der Waals surface area contributed by atoms with E-state index in [9.17, 15) is 9.18 Å². The predicted molar refractivity (Wildman–Crippen MR) is 105 cm³/mol. The molecule has 1 aliphatic heterocycles. The summed E-state index contributed by atoms with van der Waals surface area (Å²) in [6.07, 6.45) is 6.61. The number of unbranched alkanes of at least 4 members (excludes halogenated alkanes) is 2. The number of piperazine rings is 1. The fourth-order valence-corrected chi connectivity index (χ4v) is 3.10. The molecule has 0 spiro atoms. The van der Waals surface area contributed by atoms with Crippen LogP contribution in [0.25, 0.3) is 0 Å². The quantitative estimate of drug-likeness (QED) is 0.758. The summed E-state index contributed by atoms with van der Waals surface area (Å²) in [5.41, 5.74) is 1.34. The Hall–Kier alpha value is -2.70. The van der Waals surface area contributed by atoms with E-state index in [0.29, 0.717) is 37.7 Å². The zero-order valence-electron chi connectivity index (χ0n) is 15.7. The Labute approximate surface area is 159 Å². The molecule has 2 heterocycles. The van der Waals surface area contributed by atoms with Crippen molar-refractivity contribution in [2.75, 3.05) is 42.9 Å². The highest BCUT2D eigenvalue weighted by Gasteiger charge is 2.23. The molecule has 1 aromatic carbocycles. The molecule has 7 heteroatoms. The molecule has 0 saturated carbocycles. The number of benzene rings is 1. The second-order valence-corrected chi connectivity index (χ2v) is 6.68. The summed E-state index contributed by atoms with van der Waals surface area (Å²) in [5.74, 6) is 0.358. The largest absolute Gasteiger partial charge is 0.369 e. The van der Waals surface area contributed by atoms with E-state index in [0.717, 1.165) is 18.7 Å². The van der Waals surface area contributed by atoms with Crippen LogP contribution in [0.1, 0.15) is 36.7 Å². The van der Waals surface area contributed by atoms with E-state index in [4.69, 9.17) is 0 Å². The van der Waals surface area contributed by atoms with Crippen molar-refractivity contribution in [1.29, 1.82) is 0 Å². The Morgan fingerprint density at radius 2 is 1.81 bits per heavy atom. The van der Waals surface area contributed by atoms with Crippen LogP contribution in [-0.4, -0.2) is 53.5 Å². The maximum atomic E-state index is 13.1. The number of carbonyl (C=O) groups is 1. The van der Waals surface area contributed by atoms with E-state index < -0.39 is 0 Å². The van der Waals surface area contributed by atoms with Gasteiger partial charge in [-0.25, -0.2) is 14.4 Å². The number of halogens is 1. The van der Waals surface area contributed by atoms with Crippen molar-refractivity contribution in [3.63, 3.8) is 0 Å². The normalized spacial score (nSPS) is 14.3. The van der Waals surface area contributed by atoms with Crippen molar-refractivity contribution in [1.82, 2.24) is 14.9 Å². The van der Waals surface area contributed by atoms with Crippen molar-refractivity contribution in [2.24, 2.45) is 0 Å². The molecule has 1 fully saturated rings. The average Bonchev–Trinajstić information content (AvgIpc) is 2.72. The second-order valence-electron chi connectivity index (χ2n) is 6.68. The maximum absolute atomic E-state index is 13.1. The van der Waals surface area contributed by atoms with Gasteiger partial charge in [0.2, 0.25) is 0 Å². The van der Waals surface area contributed by atoms with Crippen LogP contribution in [0.15, 0.2) is 36.7 Å². The lowest BCUT2D eigenvalue weighted by molar-refractivity contribution is 0.0740. The summed E-state index contributed by atoms with van der Waals surface area (Å²) in [6, 6.07) is 6.45. The first-order chi connectivity index (χ1) is 13.2. The molecule has 27 heavy (non-hydrogen) atoms. The minimum absolute atomic E-state index is 0.0983. The molecule has 0 atom stereocenters. The van der Waals surface area contributed by atoms with Crippen LogP contribution >= 0.6 is 0 Å². The van der Waals surface area contributed by atoms with Crippen LogP contribution in [0.2, 0.25) is 0 Å². The van der Waals surface area contributed by atoms with Crippen LogP contribution in [0.4, 0.5) is 15.9 Å². The molecule has 1 aromatic heterocycles. The van der Waals surface area contributed by atoms with Gasteiger partial charge >= 0.3 is 0 Å². The van der Waals surface area contributed by atoms with Crippen molar-refractivity contribution in [2.45, 2.75) is 26.2 Å². The van der Waals surface area contributed by atoms with Gasteiger partial charge in [0.1, 0.15) is 17.3 Å². The van der Waals surface area contributed by atoms with Gasteiger partial charge in [0.15, 0.2) is 0 Å². The van der Waals surface area contributed by atoms with Gasteiger partial charge in [-0.05, 0) is 30.7 Å². The number of anilines is 2. The van der Waals surface area contributed by atoms with E-state index in [2.05, 4.69) is 27.1 Å². The second kappa shape index (κ2) is 9.30. The SMILES string of the molecule is CCCCCNc1cnc(C(=O)N2CCN(c3ccc(F)cc3)CC2)cn1. The molecule has 0 unspecified atom stereocenters. The highest BCUT2D eigenvalue weighted by molar-refractivity contribution is 5.92. The van der Waals surface area contributed by atoms with Crippen LogP contribution in [0.3, 0.4) is 0 Å². The third-order valence-corrected chi connectivity index (χ3v) is 4.72. The summed E-state index contributed by atoms with van der Waals surface area (Å²) >= 11 is 0. The standard InChI is InChI=1S/C20H26FN5O/c1-2-3-4-9-22-19-15-23-18(14-24-19)20(27)26-12-10-25(11-13-26)17-7-5-16(21)6-8-17/h5-8,14-15H,2-4,9-13H2,1H3,(H,22,24). The number of hydrogen-bond acceptors (Lipinski definition) is 5. The number of hydrogen-bond donors (Lipinski definition) is 1. The van der Waals surface area contributed by atoms with Crippen molar-refractivity contribution in [3.05, 3.63) is 48.2 Å². The predicted octanol–water partition coefficient (Wildman–Crippen LogP) is 3.18. The van der Waals surface area contributed by atoms with Gasteiger partial charge < -0.3 is 15.1 Å². The molecular formula is C20H26FN5O. The van der Waals surface area contributed by atoms with Gasteiger partial charge in [-0.1, -0.05) is 19.8 Å². The zero-order chi connectivity index (χ0) is 19.1. The van der Waals surface area contributed by atoms with Crippen LogP contribution < -0.4 is 10.2 Å². The van der Waals surface area contributed by atoms with Crippen molar-refractivity contribution in [3.8, 4) is 0 Å². The first-order valence-electron chi connectivity index (χ1n) is 9.53. The molecule has 1 aliphatic rings. The Morgan fingerprint density at radius 3 is 2.44 bits per heavy atom. The molecule has 1 amide bonds. The smallest absolute Gasteiger partial charge is 0.274 e. The lowest BCUT2D eigenvalue weighted by Gasteiger charge is -2.35. The fourth-order valence-electron chi connectivity index (χ4n) is 3.10. The number of rotatable bonds is 7. The lowest BCUT2D eigenvalue weighted by atomic mass is 10.2. The molecule has 0 radical (unpaired) electrons. The average molecular weight is 371 g/mol. The first kappa shape index (κ1) is 19.1. The summed E-state index contributed by atoms with van der Waals surface area (Å²) in [5, 5.41) is 3.22. The Kier molecular flexibility index (Phi) is 6.57. The monoisotopic (exact) mass is 371 g/mol. The van der Waals surface area contributed by atoms with E-state index in [1.54, 1.807) is 23.2 Å². The molecule has 1 N–H and O–H groups in total. The summed E-state index contributed by atoms with van der Waals surface area (Å²) in [7, 11) is 0. The molecule has 1 saturated heterocycles. The lowest BCUT2D eigenvalue weighted by Crippen LogP contribution is -2.49. The van der Waals surface area contributed by atoms with Gasteiger partial charge in [0.25, 0.3) is 5.91 Å².